The number of carbonyl (C=O) groups excluding carboxylic acids is 2. The molecule has 0 spiro atoms. The Labute approximate surface area is 155 Å². The number of imidazole rings is 1. The van der Waals surface area contributed by atoms with Crippen molar-refractivity contribution >= 4 is 34.5 Å². The summed E-state index contributed by atoms with van der Waals surface area (Å²) < 4.78 is 4.80. The number of methoxy groups -OCH3 is 1. The molecule has 1 atom stereocenters. The van der Waals surface area contributed by atoms with Crippen molar-refractivity contribution < 1.29 is 14.3 Å². The van der Waals surface area contributed by atoms with Gasteiger partial charge in [-0.25, -0.2) is 9.78 Å². The van der Waals surface area contributed by atoms with Crippen molar-refractivity contribution in [2.75, 3.05) is 7.11 Å². The van der Waals surface area contributed by atoms with Crippen molar-refractivity contribution in [2.24, 2.45) is 0 Å². The quantitative estimate of drug-likeness (QED) is 0.402. The normalized spacial score (nSPS) is 12.3. The maximum Gasteiger partial charge on any atom is 0.339 e. The third-order valence-electron chi connectivity index (χ3n) is 4.35. The molecule has 0 aliphatic carbocycles. The van der Waals surface area contributed by atoms with E-state index in [9.17, 15) is 9.59 Å². The number of thioether (sulfide) groups is 1. The van der Waals surface area contributed by atoms with Gasteiger partial charge in [-0.05, 0) is 51.0 Å². The van der Waals surface area contributed by atoms with Crippen LogP contribution in [-0.2, 0) is 4.74 Å². The molecule has 136 valence electrons. The second kappa shape index (κ2) is 6.99. The van der Waals surface area contributed by atoms with Gasteiger partial charge in [0.25, 0.3) is 0 Å². The molecule has 0 aliphatic rings. The molecular weight excluding hydrogens is 350 g/mol. The SMILES string of the molecule is COC(=O)c1c(C)[nH]c(C(=O)C(C)Sc2nc3ccc(C)cc3[nH]2)c1C. The van der Waals surface area contributed by atoms with Crippen LogP contribution in [0.1, 0.15) is 44.6 Å². The van der Waals surface area contributed by atoms with E-state index in [1.807, 2.05) is 32.0 Å². The molecule has 0 fully saturated rings. The molecule has 2 aromatic heterocycles. The van der Waals surface area contributed by atoms with Gasteiger partial charge in [0.1, 0.15) is 0 Å². The van der Waals surface area contributed by atoms with Crippen LogP contribution in [0, 0.1) is 20.8 Å². The lowest BCUT2D eigenvalue weighted by atomic mass is 10.1. The number of aromatic nitrogens is 3. The smallest absolute Gasteiger partial charge is 0.339 e. The van der Waals surface area contributed by atoms with Crippen LogP contribution >= 0.6 is 11.8 Å². The number of H-pyrrole nitrogens is 2. The number of nitrogens with zero attached hydrogens (tertiary/aromatic N) is 1. The standard InChI is InChI=1S/C19H21N3O3S/c1-9-6-7-13-14(8-9)22-19(21-13)26-12(4)17(23)16-10(2)15(11(3)20-16)18(24)25-5/h6-8,12,20H,1-5H3,(H,21,22). The molecule has 3 rings (SSSR count). The first-order chi connectivity index (χ1) is 12.3. The molecule has 0 aliphatic heterocycles. The van der Waals surface area contributed by atoms with E-state index in [4.69, 9.17) is 4.74 Å². The van der Waals surface area contributed by atoms with Crippen molar-refractivity contribution in [3.8, 4) is 0 Å². The van der Waals surface area contributed by atoms with Gasteiger partial charge >= 0.3 is 5.97 Å². The lowest BCUT2D eigenvalue weighted by Crippen LogP contribution is -2.15. The molecule has 0 saturated carbocycles. The number of aryl methyl sites for hydroxylation is 2. The highest BCUT2D eigenvalue weighted by molar-refractivity contribution is 8.00. The van der Waals surface area contributed by atoms with E-state index in [1.54, 1.807) is 13.8 Å². The summed E-state index contributed by atoms with van der Waals surface area (Å²) in [6.45, 7) is 7.37. The van der Waals surface area contributed by atoms with E-state index in [1.165, 1.54) is 18.9 Å². The van der Waals surface area contributed by atoms with Crippen LogP contribution in [0.3, 0.4) is 0 Å². The molecular formula is C19H21N3O3S. The molecule has 0 radical (unpaired) electrons. The minimum atomic E-state index is -0.441. The number of hydrogen-bond donors (Lipinski definition) is 2. The monoisotopic (exact) mass is 371 g/mol. The molecule has 2 N–H and O–H groups in total. The summed E-state index contributed by atoms with van der Waals surface area (Å²) in [6, 6.07) is 5.99. The summed E-state index contributed by atoms with van der Waals surface area (Å²) in [4.78, 5) is 35.6. The van der Waals surface area contributed by atoms with E-state index in [0.717, 1.165) is 16.6 Å². The number of ether oxygens (including phenoxy) is 1. The fourth-order valence-corrected chi connectivity index (χ4v) is 3.86. The third kappa shape index (κ3) is 3.26. The summed E-state index contributed by atoms with van der Waals surface area (Å²) in [6.07, 6.45) is 0. The Morgan fingerprint density at radius 2 is 1.92 bits per heavy atom. The molecule has 6 nitrogen and oxygen atoms in total. The van der Waals surface area contributed by atoms with Crippen molar-refractivity contribution in [1.29, 1.82) is 0 Å². The number of carbonyl (C=O) groups is 2. The van der Waals surface area contributed by atoms with E-state index in [0.29, 0.717) is 27.7 Å². The van der Waals surface area contributed by atoms with Crippen molar-refractivity contribution in [3.63, 3.8) is 0 Å². The summed E-state index contributed by atoms with van der Waals surface area (Å²) in [5.74, 6) is -0.523. The summed E-state index contributed by atoms with van der Waals surface area (Å²) in [5.41, 5.74) is 5.09. The van der Waals surface area contributed by atoms with Gasteiger partial charge in [-0.15, -0.1) is 0 Å². The molecule has 1 unspecified atom stereocenters. The highest BCUT2D eigenvalue weighted by Crippen LogP contribution is 2.28. The van der Waals surface area contributed by atoms with Crippen LogP contribution in [0.15, 0.2) is 23.4 Å². The van der Waals surface area contributed by atoms with Gasteiger partial charge in [-0.2, -0.15) is 0 Å². The summed E-state index contributed by atoms with van der Waals surface area (Å²) >= 11 is 1.36. The first-order valence-corrected chi connectivity index (χ1v) is 9.14. The number of aromatic amines is 2. The van der Waals surface area contributed by atoms with E-state index >= 15 is 0 Å². The number of rotatable bonds is 5. The van der Waals surface area contributed by atoms with Crippen LogP contribution in [0.2, 0.25) is 0 Å². The van der Waals surface area contributed by atoms with Crippen molar-refractivity contribution in [2.45, 2.75) is 38.1 Å². The predicted octanol–water partition coefficient (Wildman–Crippen LogP) is 3.97. The molecule has 7 heteroatoms. The number of Topliss-reactive ketones (excluding diaryl/α,β-unsaturated/α-hetero) is 1. The number of ketones is 1. The molecule has 1 aromatic carbocycles. The minimum absolute atomic E-state index is 0.0811. The number of benzene rings is 1. The largest absolute Gasteiger partial charge is 0.465 e. The fourth-order valence-electron chi connectivity index (χ4n) is 2.98. The Hall–Kier alpha value is -2.54. The van der Waals surface area contributed by atoms with Crippen LogP contribution in [0.25, 0.3) is 11.0 Å². The van der Waals surface area contributed by atoms with E-state index in [2.05, 4.69) is 15.0 Å². The zero-order valence-corrected chi connectivity index (χ0v) is 16.2. The van der Waals surface area contributed by atoms with Gasteiger partial charge < -0.3 is 14.7 Å². The predicted molar refractivity (Wildman–Crippen MR) is 102 cm³/mol. The maximum absolute atomic E-state index is 12.9. The lowest BCUT2D eigenvalue weighted by molar-refractivity contribution is 0.0599. The van der Waals surface area contributed by atoms with Gasteiger partial charge in [0.15, 0.2) is 10.9 Å². The Morgan fingerprint density at radius 3 is 2.62 bits per heavy atom. The van der Waals surface area contributed by atoms with Crippen LogP contribution in [0.4, 0.5) is 0 Å². The van der Waals surface area contributed by atoms with Crippen molar-refractivity contribution in [3.05, 3.63) is 46.3 Å². The van der Waals surface area contributed by atoms with Gasteiger partial charge in [-0.1, -0.05) is 17.8 Å². The van der Waals surface area contributed by atoms with Crippen LogP contribution < -0.4 is 0 Å². The summed E-state index contributed by atoms with van der Waals surface area (Å²) in [5, 5.41) is 0.333. The zero-order chi connectivity index (χ0) is 19.0. The van der Waals surface area contributed by atoms with Gasteiger partial charge in [-0.3, -0.25) is 4.79 Å². The van der Waals surface area contributed by atoms with Gasteiger partial charge in [0, 0.05) is 5.69 Å². The van der Waals surface area contributed by atoms with Gasteiger partial charge in [0.05, 0.1) is 34.7 Å². The second-order valence-corrected chi connectivity index (χ2v) is 7.63. The third-order valence-corrected chi connectivity index (χ3v) is 5.33. The van der Waals surface area contributed by atoms with E-state index in [-0.39, 0.29) is 11.0 Å². The topological polar surface area (TPSA) is 87.8 Å². The Morgan fingerprint density at radius 1 is 1.19 bits per heavy atom. The fraction of sp³-hybridized carbons (Fsp3) is 0.316. The number of fused-ring (bicyclic) bond motifs is 1. The zero-order valence-electron chi connectivity index (χ0n) is 15.4. The highest BCUT2D eigenvalue weighted by atomic mass is 32.2. The molecule has 26 heavy (non-hydrogen) atoms. The molecule has 2 heterocycles. The number of esters is 1. The van der Waals surface area contributed by atoms with Crippen molar-refractivity contribution in [1.82, 2.24) is 15.0 Å². The average Bonchev–Trinajstić information content (AvgIpc) is 3.12. The maximum atomic E-state index is 12.9. The average molecular weight is 371 g/mol. The molecule has 3 aromatic rings. The highest BCUT2D eigenvalue weighted by Gasteiger charge is 2.26. The first kappa shape index (κ1) is 18.3. The Balaban J connectivity index is 1.84. The van der Waals surface area contributed by atoms with Gasteiger partial charge in [0.2, 0.25) is 0 Å². The molecule has 0 bridgehead atoms. The first-order valence-electron chi connectivity index (χ1n) is 8.26. The minimum Gasteiger partial charge on any atom is -0.465 e. The van der Waals surface area contributed by atoms with E-state index < -0.39 is 5.97 Å². The molecule has 0 saturated heterocycles. The number of nitrogens with one attached hydrogen (secondary N) is 2. The molecule has 0 amide bonds. The number of hydrogen-bond acceptors (Lipinski definition) is 5. The lowest BCUT2D eigenvalue weighted by Gasteiger charge is -2.08. The Bertz CT molecular complexity index is 1000. The second-order valence-electron chi connectivity index (χ2n) is 6.30. The Kier molecular flexibility index (Phi) is 4.91. The van der Waals surface area contributed by atoms with Crippen LogP contribution in [-0.4, -0.2) is 39.1 Å². The van der Waals surface area contributed by atoms with Crippen LogP contribution in [0.5, 0.6) is 0 Å². The summed E-state index contributed by atoms with van der Waals surface area (Å²) in [7, 11) is 1.33.